The molecular weight excluding hydrogens is 418 g/mol. The maximum atomic E-state index is 12.2. The van der Waals surface area contributed by atoms with Crippen molar-refractivity contribution < 1.29 is 27.0 Å². The second-order valence-electron chi connectivity index (χ2n) is 7.17. The van der Waals surface area contributed by atoms with Crippen molar-refractivity contribution >= 4 is 16.0 Å². The number of hydrogen-bond acceptors (Lipinski definition) is 5. The summed E-state index contributed by atoms with van der Waals surface area (Å²) in [6.45, 7) is 1.47. The highest BCUT2D eigenvalue weighted by Crippen LogP contribution is 2.20. The third kappa shape index (κ3) is 8.04. The quantitative estimate of drug-likeness (QED) is 0.391. The molecule has 0 aromatic heterocycles. The van der Waals surface area contributed by atoms with Crippen LogP contribution in [-0.2, 0) is 10.0 Å². The van der Waals surface area contributed by atoms with Gasteiger partial charge in [0.05, 0.1) is 18.9 Å². The third-order valence-electron chi connectivity index (χ3n) is 4.86. The lowest BCUT2D eigenvalue weighted by molar-refractivity contribution is -0.0498. The summed E-state index contributed by atoms with van der Waals surface area (Å²) in [4.78, 5) is 4.39. The van der Waals surface area contributed by atoms with Crippen molar-refractivity contribution in [2.24, 2.45) is 10.9 Å². The van der Waals surface area contributed by atoms with E-state index in [1.54, 1.807) is 0 Å². The molecule has 170 valence electrons. The summed E-state index contributed by atoms with van der Waals surface area (Å²) in [7, 11) is -3.14. The second-order valence-corrected chi connectivity index (χ2v) is 9.15. The number of guanidine groups is 1. The van der Waals surface area contributed by atoms with Gasteiger partial charge in [-0.3, -0.25) is 4.99 Å². The van der Waals surface area contributed by atoms with Gasteiger partial charge in [0, 0.05) is 26.2 Å². The summed E-state index contributed by atoms with van der Waals surface area (Å²) in [5.41, 5.74) is 0.546. The number of hydrogen-bond donors (Lipinski definition) is 3. The van der Waals surface area contributed by atoms with Crippen LogP contribution in [0, 0.1) is 5.92 Å². The first-order chi connectivity index (χ1) is 14.2. The van der Waals surface area contributed by atoms with Gasteiger partial charge in [-0.2, -0.15) is 8.78 Å². The van der Waals surface area contributed by atoms with Gasteiger partial charge in [-0.15, -0.1) is 0 Å². The van der Waals surface area contributed by atoms with Gasteiger partial charge in [-0.1, -0.05) is 12.1 Å². The Morgan fingerprint density at radius 2 is 1.90 bits per heavy atom. The first-order valence-electron chi connectivity index (χ1n) is 9.89. The van der Waals surface area contributed by atoms with E-state index in [4.69, 9.17) is 0 Å². The molecule has 0 spiro atoms. The molecule has 1 aliphatic rings. The molecule has 0 amide bonds. The molecule has 30 heavy (non-hydrogen) atoms. The van der Waals surface area contributed by atoms with Gasteiger partial charge in [0.25, 0.3) is 0 Å². The van der Waals surface area contributed by atoms with E-state index in [9.17, 15) is 22.3 Å². The molecule has 1 unspecified atom stereocenters. The first kappa shape index (κ1) is 24.3. The van der Waals surface area contributed by atoms with Gasteiger partial charge >= 0.3 is 6.61 Å². The van der Waals surface area contributed by atoms with E-state index in [-0.39, 0.29) is 12.3 Å². The molecule has 3 N–H and O–H groups in total. The highest BCUT2D eigenvalue weighted by molar-refractivity contribution is 7.88. The largest absolute Gasteiger partial charge is 0.435 e. The Hall–Kier alpha value is -1.98. The summed E-state index contributed by atoms with van der Waals surface area (Å²) in [6.07, 6.45) is 1.88. The van der Waals surface area contributed by atoms with Crippen LogP contribution in [0.25, 0.3) is 0 Å². The Balaban J connectivity index is 1.85. The molecule has 1 heterocycles. The van der Waals surface area contributed by atoms with Gasteiger partial charge in [0.1, 0.15) is 5.75 Å². The SMILES string of the molecule is CCNC(=NCC(O)c1ccc(OC(F)F)cc1)NCC1CCN(S(C)(=O)=O)CC1. The predicted octanol–water partition coefficient (Wildman–Crippen LogP) is 1.55. The zero-order valence-corrected chi connectivity index (χ0v) is 18.0. The van der Waals surface area contributed by atoms with E-state index in [0.29, 0.717) is 43.6 Å². The highest BCUT2D eigenvalue weighted by atomic mass is 32.2. The number of nitrogens with zero attached hydrogens (tertiary/aromatic N) is 2. The zero-order valence-electron chi connectivity index (χ0n) is 17.2. The fourth-order valence-electron chi connectivity index (χ4n) is 3.18. The molecule has 1 fully saturated rings. The third-order valence-corrected chi connectivity index (χ3v) is 6.16. The number of ether oxygens (including phenoxy) is 1. The number of aliphatic imine (C=N–C) groups is 1. The molecule has 2 rings (SSSR count). The maximum Gasteiger partial charge on any atom is 0.387 e. The fourth-order valence-corrected chi connectivity index (χ4v) is 4.06. The molecule has 1 aliphatic heterocycles. The number of piperidine rings is 1. The van der Waals surface area contributed by atoms with Gasteiger partial charge in [-0.05, 0) is 43.4 Å². The summed E-state index contributed by atoms with van der Waals surface area (Å²) in [5, 5.41) is 16.7. The number of aliphatic hydroxyl groups excluding tert-OH is 1. The lowest BCUT2D eigenvalue weighted by Gasteiger charge is -2.30. The number of rotatable bonds is 9. The van der Waals surface area contributed by atoms with Crippen LogP contribution < -0.4 is 15.4 Å². The van der Waals surface area contributed by atoms with E-state index in [1.807, 2.05) is 6.92 Å². The summed E-state index contributed by atoms with van der Waals surface area (Å²) in [6, 6.07) is 5.79. The monoisotopic (exact) mass is 448 g/mol. The minimum absolute atomic E-state index is 0.0291. The summed E-state index contributed by atoms with van der Waals surface area (Å²) < 4.78 is 53.4. The van der Waals surface area contributed by atoms with Crippen LogP contribution in [0.4, 0.5) is 8.78 Å². The lowest BCUT2D eigenvalue weighted by Crippen LogP contribution is -2.44. The molecule has 0 saturated carbocycles. The number of aliphatic hydroxyl groups is 1. The van der Waals surface area contributed by atoms with E-state index < -0.39 is 22.7 Å². The molecule has 0 radical (unpaired) electrons. The number of nitrogens with one attached hydrogen (secondary N) is 2. The Kier molecular flexibility index (Phi) is 9.25. The molecule has 1 aromatic carbocycles. The molecule has 8 nitrogen and oxygen atoms in total. The van der Waals surface area contributed by atoms with Crippen molar-refractivity contribution in [1.82, 2.24) is 14.9 Å². The van der Waals surface area contributed by atoms with E-state index in [1.165, 1.54) is 34.8 Å². The average Bonchev–Trinajstić information content (AvgIpc) is 2.69. The van der Waals surface area contributed by atoms with Crippen LogP contribution in [0.3, 0.4) is 0 Å². The average molecular weight is 449 g/mol. The number of halogens is 2. The van der Waals surface area contributed by atoms with Crippen molar-refractivity contribution in [3.05, 3.63) is 29.8 Å². The van der Waals surface area contributed by atoms with Gasteiger partial charge in [-0.25, -0.2) is 12.7 Å². The fraction of sp³-hybridized carbons (Fsp3) is 0.632. The van der Waals surface area contributed by atoms with Crippen LogP contribution in [0.2, 0.25) is 0 Å². The van der Waals surface area contributed by atoms with Crippen LogP contribution in [-0.4, -0.2) is 69.4 Å². The highest BCUT2D eigenvalue weighted by Gasteiger charge is 2.24. The normalized spacial score (nSPS) is 17.7. The smallest absolute Gasteiger partial charge is 0.387 e. The van der Waals surface area contributed by atoms with Crippen LogP contribution in [0.5, 0.6) is 5.75 Å². The molecule has 1 saturated heterocycles. The van der Waals surface area contributed by atoms with Crippen molar-refractivity contribution in [3.63, 3.8) is 0 Å². The van der Waals surface area contributed by atoms with E-state index in [2.05, 4.69) is 20.4 Å². The van der Waals surface area contributed by atoms with Gasteiger partial charge in [0.2, 0.25) is 10.0 Å². The summed E-state index contributed by atoms with van der Waals surface area (Å²) in [5.74, 6) is 0.917. The van der Waals surface area contributed by atoms with Crippen LogP contribution in [0.1, 0.15) is 31.4 Å². The molecule has 1 atom stereocenters. The molecule has 0 aliphatic carbocycles. The van der Waals surface area contributed by atoms with Gasteiger partial charge in [0.15, 0.2) is 5.96 Å². The topological polar surface area (TPSA) is 103 Å². The number of benzene rings is 1. The minimum Gasteiger partial charge on any atom is -0.435 e. The molecule has 0 bridgehead atoms. The first-order valence-corrected chi connectivity index (χ1v) is 11.7. The van der Waals surface area contributed by atoms with E-state index in [0.717, 1.165) is 12.8 Å². The molecular formula is C19H30F2N4O4S. The van der Waals surface area contributed by atoms with Crippen molar-refractivity contribution in [3.8, 4) is 5.75 Å². The lowest BCUT2D eigenvalue weighted by atomic mass is 9.98. The minimum atomic E-state index is -3.14. The Labute approximate surface area is 176 Å². The van der Waals surface area contributed by atoms with Crippen molar-refractivity contribution in [2.45, 2.75) is 32.5 Å². The summed E-state index contributed by atoms with van der Waals surface area (Å²) >= 11 is 0. The second kappa shape index (κ2) is 11.4. The Morgan fingerprint density at radius 3 is 2.43 bits per heavy atom. The van der Waals surface area contributed by atoms with Gasteiger partial charge < -0.3 is 20.5 Å². The van der Waals surface area contributed by atoms with Crippen LogP contribution >= 0.6 is 0 Å². The zero-order chi connectivity index (χ0) is 22.1. The Bertz CT molecular complexity index is 782. The molecule has 11 heteroatoms. The van der Waals surface area contributed by atoms with Crippen molar-refractivity contribution in [1.29, 1.82) is 0 Å². The van der Waals surface area contributed by atoms with Crippen molar-refractivity contribution in [2.75, 3.05) is 39.0 Å². The maximum absolute atomic E-state index is 12.2. The number of sulfonamides is 1. The van der Waals surface area contributed by atoms with E-state index >= 15 is 0 Å². The Morgan fingerprint density at radius 1 is 1.27 bits per heavy atom. The standard InChI is InChI=1S/C19H30F2N4O4S/c1-3-22-19(23-12-14-8-10-25(11-9-14)30(2,27)28)24-13-17(26)15-4-6-16(7-5-15)29-18(20)21/h4-7,14,17-18,26H,3,8-13H2,1-2H3,(H2,22,23,24). The number of alkyl halides is 2. The van der Waals surface area contributed by atoms with Crippen LogP contribution in [0.15, 0.2) is 29.3 Å². The molecule has 1 aromatic rings. The predicted molar refractivity (Wildman–Crippen MR) is 111 cm³/mol.